The smallest absolute Gasteiger partial charge is 0.256 e. The summed E-state index contributed by atoms with van der Waals surface area (Å²) in [6, 6.07) is 13.5. The number of carbonyl (C=O) groups is 3. The maximum Gasteiger partial charge on any atom is 0.256 e. The number of amides is 3. The highest BCUT2D eigenvalue weighted by molar-refractivity contribution is 6.05. The molecule has 4 rings (SSSR count). The fourth-order valence-corrected chi connectivity index (χ4v) is 3.09. The number of hydrogen-bond donors (Lipinski definition) is 3. The number of nitrogens with zero attached hydrogens (tertiary/aromatic N) is 3. The number of nitrogens with two attached hydrogens (primary N) is 1. The molecule has 3 amide bonds. The van der Waals surface area contributed by atoms with Crippen molar-refractivity contribution in [3.8, 4) is 11.1 Å². The Hall–Kier alpha value is -4.53. The molecule has 0 fully saturated rings. The van der Waals surface area contributed by atoms with Crippen LogP contribution in [0.5, 0.6) is 0 Å². The Kier molecular flexibility index (Phi) is 5.15. The van der Waals surface area contributed by atoms with Gasteiger partial charge in [0.25, 0.3) is 11.8 Å². The molecule has 0 aliphatic carbocycles. The Morgan fingerprint density at radius 3 is 2.29 bits per heavy atom. The van der Waals surface area contributed by atoms with Gasteiger partial charge >= 0.3 is 0 Å². The van der Waals surface area contributed by atoms with Gasteiger partial charge in [-0.05, 0) is 42.0 Å². The van der Waals surface area contributed by atoms with Gasteiger partial charge in [-0.1, -0.05) is 12.1 Å². The second-order valence-corrected chi connectivity index (χ2v) is 6.71. The molecule has 9 heteroatoms. The second kappa shape index (κ2) is 8.07. The minimum atomic E-state index is -0.590. The summed E-state index contributed by atoms with van der Waals surface area (Å²) < 4.78 is 1.67. The number of nitrogens with one attached hydrogen (secondary N) is 2. The molecule has 0 saturated carbocycles. The molecule has 3 aromatic heterocycles. The zero-order chi connectivity index (χ0) is 22.0. The molecule has 9 nitrogen and oxygen atoms in total. The van der Waals surface area contributed by atoms with E-state index in [-0.39, 0.29) is 17.4 Å². The van der Waals surface area contributed by atoms with Gasteiger partial charge in [-0.25, -0.2) is 9.50 Å². The molecule has 0 aliphatic rings. The van der Waals surface area contributed by atoms with E-state index in [9.17, 15) is 14.4 Å². The molecule has 0 unspecified atom stereocenters. The monoisotopic (exact) mass is 414 g/mol. The van der Waals surface area contributed by atoms with Crippen LogP contribution < -0.4 is 16.4 Å². The fourth-order valence-electron chi connectivity index (χ4n) is 3.09. The zero-order valence-electron chi connectivity index (χ0n) is 16.5. The van der Waals surface area contributed by atoms with E-state index in [4.69, 9.17) is 5.73 Å². The highest BCUT2D eigenvalue weighted by Crippen LogP contribution is 2.25. The molecule has 31 heavy (non-hydrogen) atoms. The Morgan fingerprint density at radius 2 is 1.65 bits per heavy atom. The molecule has 4 N–H and O–H groups in total. The van der Waals surface area contributed by atoms with Gasteiger partial charge in [-0.2, -0.15) is 5.10 Å². The maximum atomic E-state index is 12.7. The zero-order valence-corrected chi connectivity index (χ0v) is 16.5. The number of benzene rings is 1. The SMILES string of the molecule is CNC(=O)c1ccc(-c2cnn3ccc(C(=O)Nc4ccc(C(N)=O)cn4)cc23)cc1. The predicted molar refractivity (Wildman–Crippen MR) is 115 cm³/mol. The van der Waals surface area contributed by atoms with Gasteiger partial charge < -0.3 is 16.4 Å². The third-order valence-corrected chi connectivity index (χ3v) is 4.76. The van der Waals surface area contributed by atoms with E-state index in [0.29, 0.717) is 16.9 Å². The first-order valence-electron chi connectivity index (χ1n) is 9.33. The van der Waals surface area contributed by atoms with Crippen LogP contribution >= 0.6 is 0 Å². The molecular weight excluding hydrogens is 396 g/mol. The molecule has 0 spiro atoms. The van der Waals surface area contributed by atoms with Gasteiger partial charge in [0.2, 0.25) is 5.91 Å². The van der Waals surface area contributed by atoms with Crippen LogP contribution in [0.15, 0.2) is 67.1 Å². The van der Waals surface area contributed by atoms with Crippen LogP contribution in [0, 0.1) is 0 Å². The quantitative estimate of drug-likeness (QED) is 0.460. The number of anilines is 1. The number of pyridine rings is 2. The fraction of sp³-hybridized carbons (Fsp3) is 0.0455. The summed E-state index contributed by atoms with van der Waals surface area (Å²) >= 11 is 0. The Bertz CT molecular complexity index is 1290. The number of fused-ring (bicyclic) bond motifs is 1. The molecule has 0 bridgehead atoms. The van der Waals surface area contributed by atoms with Crippen molar-refractivity contribution in [2.45, 2.75) is 0 Å². The van der Waals surface area contributed by atoms with Crippen LogP contribution in [0.2, 0.25) is 0 Å². The summed E-state index contributed by atoms with van der Waals surface area (Å²) in [5.41, 5.74) is 8.84. The third-order valence-electron chi connectivity index (χ3n) is 4.76. The Labute approximate surface area is 176 Å². The van der Waals surface area contributed by atoms with E-state index in [0.717, 1.165) is 16.6 Å². The lowest BCUT2D eigenvalue weighted by molar-refractivity contribution is 0.0960. The van der Waals surface area contributed by atoms with E-state index in [1.165, 1.54) is 18.3 Å². The highest BCUT2D eigenvalue weighted by atomic mass is 16.2. The van der Waals surface area contributed by atoms with Crippen molar-refractivity contribution in [3.05, 3.63) is 83.8 Å². The summed E-state index contributed by atoms with van der Waals surface area (Å²) in [5.74, 6) is -0.812. The van der Waals surface area contributed by atoms with Gasteiger partial charge in [-0.15, -0.1) is 0 Å². The summed E-state index contributed by atoms with van der Waals surface area (Å²) in [6.45, 7) is 0. The van der Waals surface area contributed by atoms with Gasteiger partial charge in [0.15, 0.2) is 0 Å². The average Bonchev–Trinajstić information content (AvgIpc) is 3.22. The van der Waals surface area contributed by atoms with Gasteiger partial charge in [0, 0.05) is 36.1 Å². The van der Waals surface area contributed by atoms with Crippen LogP contribution in [0.4, 0.5) is 5.82 Å². The predicted octanol–water partition coefficient (Wildman–Crippen LogP) is 2.11. The molecule has 0 radical (unpaired) electrons. The molecule has 4 aromatic rings. The van der Waals surface area contributed by atoms with Crippen LogP contribution in [0.3, 0.4) is 0 Å². The van der Waals surface area contributed by atoms with Crippen molar-refractivity contribution < 1.29 is 14.4 Å². The second-order valence-electron chi connectivity index (χ2n) is 6.71. The highest BCUT2D eigenvalue weighted by Gasteiger charge is 2.13. The van der Waals surface area contributed by atoms with Crippen LogP contribution in [-0.2, 0) is 0 Å². The molecule has 0 atom stereocenters. The molecule has 1 aromatic carbocycles. The lowest BCUT2D eigenvalue weighted by Gasteiger charge is -2.06. The Morgan fingerprint density at radius 1 is 0.903 bits per heavy atom. The lowest BCUT2D eigenvalue weighted by Crippen LogP contribution is -2.17. The Balaban J connectivity index is 1.61. The number of primary amides is 1. The topological polar surface area (TPSA) is 131 Å². The van der Waals surface area contributed by atoms with Crippen molar-refractivity contribution in [2.24, 2.45) is 5.73 Å². The van der Waals surface area contributed by atoms with E-state index in [2.05, 4.69) is 20.7 Å². The number of rotatable bonds is 5. The summed E-state index contributed by atoms with van der Waals surface area (Å²) in [4.78, 5) is 39.6. The molecular formula is C22H18N6O3. The molecule has 3 heterocycles. The largest absolute Gasteiger partial charge is 0.366 e. The lowest BCUT2D eigenvalue weighted by atomic mass is 10.0. The summed E-state index contributed by atoms with van der Waals surface area (Å²) in [5, 5.41) is 9.61. The maximum absolute atomic E-state index is 12.7. The first-order chi connectivity index (χ1) is 15.0. The summed E-state index contributed by atoms with van der Waals surface area (Å²) in [7, 11) is 1.58. The third kappa shape index (κ3) is 3.97. The van der Waals surface area contributed by atoms with E-state index < -0.39 is 5.91 Å². The molecule has 0 aliphatic heterocycles. The first kappa shape index (κ1) is 19.8. The van der Waals surface area contributed by atoms with Crippen LogP contribution in [-0.4, -0.2) is 39.4 Å². The van der Waals surface area contributed by atoms with Gasteiger partial charge in [0.1, 0.15) is 5.82 Å². The molecule has 0 saturated heterocycles. The van der Waals surface area contributed by atoms with Crippen molar-refractivity contribution in [1.82, 2.24) is 19.9 Å². The number of hydrogen-bond acceptors (Lipinski definition) is 5. The van der Waals surface area contributed by atoms with Crippen molar-refractivity contribution in [1.29, 1.82) is 0 Å². The molecule has 154 valence electrons. The average molecular weight is 414 g/mol. The van der Waals surface area contributed by atoms with Gasteiger partial charge in [-0.3, -0.25) is 14.4 Å². The van der Waals surface area contributed by atoms with Crippen LogP contribution in [0.25, 0.3) is 16.6 Å². The first-order valence-corrected chi connectivity index (χ1v) is 9.33. The van der Waals surface area contributed by atoms with E-state index in [1.807, 2.05) is 12.1 Å². The normalized spacial score (nSPS) is 10.6. The summed E-state index contributed by atoms with van der Waals surface area (Å²) in [6.07, 6.45) is 4.70. The van der Waals surface area contributed by atoms with E-state index in [1.54, 1.807) is 48.2 Å². The number of aromatic nitrogens is 3. The van der Waals surface area contributed by atoms with Crippen molar-refractivity contribution in [3.63, 3.8) is 0 Å². The minimum Gasteiger partial charge on any atom is -0.366 e. The van der Waals surface area contributed by atoms with Crippen molar-refractivity contribution in [2.75, 3.05) is 12.4 Å². The minimum absolute atomic E-state index is 0.164. The van der Waals surface area contributed by atoms with E-state index >= 15 is 0 Å². The standard InChI is InChI=1S/C22H18N6O3/c1-24-21(30)14-4-2-13(3-5-14)17-12-26-28-9-8-15(10-18(17)28)22(31)27-19-7-6-16(11-25-19)20(23)29/h2-12H,1H3,(H2,23,29)(H,24,30)(H,25,27,31). The number of carbonyl (C=O) groups excluding carboxylic acids is 3. The van der Waals surface area contributed by atoms with Crippen LogP contribution in [0.1, 0.15) is 31.1 Å². The van der Waals surface area contributed by atoms with Crippen molar-refractivity contribution >= 4 is 29.1 Å². The van der Waals surface area contributed by atoms with Gasteiger partial charge in [0.05, 0.1) is 17.3 Å².